The normalized spacial score (nSPS) is 19.0. The highest BCUT2D eigenvalue weighted by Gasteiger charge is 2.73. The maximum absolute atomic E-state index is 14.0. The second-order valence-corrected chi connectivity index (χ2v) is 10.1. The molecule has 2 amide bonds. The molecule has 0 saturated carbocycles. The summed E-state index contributed by atoms with van der Waals surface area (Å²) in [6.45, 7) is 9.58. The first kappa shape index (κ1) is 30.6. The first-order valence-corrected chi connectivity index (χ1v) is 11.6. The number of halogens is 6. The van der Waals surface area contributed by atoms with E-state index in [0.29, 0.717) is 18.9 Å². The molecule has 37 heavy (non-hydrogen) atoms. The van der Waals surface area contributed by atoms with Crippen LogP contribution in [0.1, 0.15) is 52.7 Å². The fourth-order valence-electron chi connectivity index (χ4n) is 4.41. The Morgan fingerprint density at radius 3 is 2.00 bits per heavy atom. The van der Waals surface area contributed by atoms with Gasteiger partial charge >= 0.3 is 12.4 Å². The smallest absolute Gasteiger partial charge is 0.357 e. The fourth-order valence-corrected chi connectivity index (χ4v) is 4.41. The zero-order valence-corrected chi connectivity index (χ0v) is 22.1. The Labute approximate surface area is 212 Å². The molecule has 1 atom stereocenters. The van der Waals surface area contributed by atoms with Gasteiger partial charge in [-0.15, -0.1) is 0 Å². The van der Waals surface area contributed by atoms with E-state index in [-0.39, 0.29) is 23.6 Å². The van der Waals surface area contributed by atoms with E-state index < -0.39 is 46.8 Å². The van der Waals surface area contributed by atoms with E-state index >= 15 is 0 Å². The van der Waals surface area contributed by atoms with Crippen molar-refractivity contribution in [2.75, 3.05) is 19.1 Å². The Morgan fingerprint density at radius 2 is 1.62 bits per heavy atom. The van der Waals surface area contributed by atoms with Crippen molar-refractivity contribution in [2.45, 2.75) is 71.5 Å². The first-order valence-electron chi connectivity index (χ1n) is 11.6. The Morgan fingerprint density at radius 1 is 1.08 bits per heavy atom. The van der Waals surface area contributed by atoms with Crippen LogP contribution < -0.4 is 10.3 Å². The van der Waals surface area contributed by atoms with Crippen LogP contribution >= 0.6 is 0 Å². The molecule has 1 unspecified atom stereocenters. The van der Waals surface area contributed by atoms with Gasteiger partial charge in [0.25, 0.3) is 11.5 Å². The molecular weight excluding hydrogens is 504 g/mol. The summed E-state index contributed by atoms with van der Waals surface area (Å²) in [5.74, 6) is -2.46. The molecule has 1 N–H and O–H groups in total. The number of benzene rings is 1. The van der Waals surface area contributed by atoms with Gasteiger partial charge in [0.1, 0.15) is 5.54 Å². The second-order valence-electron chi connectivity index (χ2n) is 10.1. The van der Waals surface area contributed by atoms with Crippen LogP contribution in [-0.4, -0.2) is 48.9 Å². The number of carbonyl (C=O) groups excluding carboxylic acids is 2. The zero-order valence-electron chi connectivity index (χ0n) is 22.1. The lowest BCUT2D eigenvalue weighted by Gasteiger charge is -2.38. The molecule has 0 saturated heterocycles. The van der Waals surface area contributed by atoms with Crippen molar-refractivity contribution in [3.05, 3.63) is 41.1 Å². The minimum absolute atomic E-state index is 0.138. The number of alkyl halides is 6. The van der Waals surface area contributed by atoms with Crippen molar-refractivity contribution in [3.8, 4) is 0 Å². The van der Waals surface area contributed by atoms with E-state index in [9.17, 15) is 35.9 Å². The third kappa shape index (κ3) is 5.50. The molecule has 1 aliphatic rings. The first-order chi connectivity index (χ1) is 16.7. The highest BCUT2D eigenvalue weighted by Crippen LogP contribution is 2.54. The lowest BCUT2D eigenvalue weighted by molar-refractivity contribution is -0.383. The molecule has 1 aromatic carbocycles. The summed E-state index contributed by atoms with van der Waals surface area (Å²) in [4.78, 5) is 27.7. The number of methoxy groups -OCH3 is 1. The van der Waals surface area contributed by atoms with Crippen LogP contribution in [0.25, 0.3) is 0 Å². The fraction of sp³-hybridized carbons (Fsp3) is 0.600. The Hall–Kier alpha value is -2.60. The number of rotatable bonds is 7. The van der Waals surface area contributed by atoms with Gasteiger partial charge < -0.3 is 9.75 Å². The number of allylic oxidation sites excluding steroid dienone is 1. The van der Waals surface area contributed by atoms with Crippen LogP contribution in [0, 0.1) is 11.8 Å². The van der Waals surface area contributed by atoms with E-state index in [0.717, 1.165) is 17.0 Å². The highest BCUT2D eigenvalue weighted by molar-refractivity contribution is 6.19. The van der Waals surface area contributed by atoms with Gasteiger partial charge in [-0.25, -0.2) is 10.3 Å². The minimum atomic E-state index is -5.84. The van der Waals surface area contributed by atoms with Crippen molar-refractivity contribution in [2.24, 2.45) is 11.8 Å². The van der Waals surface area contributed by atoms with Crippen LogP contribution in [0.4, 0.5) is 32.0 Å². The average Bonchev–Trinajstić information content (AvgIpc) is 3.00. The van der Waals surface area contributed by atoms with E-state index in [1.54, 1.807) is 38.9 Å². The van der Waals surface area contributed by atoms with Crippen LogP contribution in [-0.2, 0) is 26.3 Å². The SMILES string of the molecule is COC(c1ccc(N(C(=O)C(C)C)C(=O)C2(C)C=C(C)N(C)N2)cc1CC(C)C)(C(F)(F)F)C(F)(F)F. The summed E-state index contributed by atoms with van der Waals surface area (Å²) in [5, 5.41) is 1.57. The van der Waals surface area contributed by atoms with Gasteiger partial charge in [0.05, 0.1) is 5.69 Å². The molecule has 0 aliphatic carbocycles. The van der Waals surface area contributed by atoms with E-state index in [4.69, 9.17) is 0 Å². The van der Waals surface area contributed by atoms with Crippen LogP contribution in [0.2, 0.25) is 0 Å². The number of nitrogens with one attached hydrogen (secondary N) is 1. The molecule has 208 valence electrons. The standard InChI is InChI=1S/C25H33F6N3O3/c1-14(2)11-17-12-18(9-10-19(17)23(37-8,24(26,27)28)25(29,30)31)34(20(35)15(3)4)21(36)22(6)13-16(5)33(7)32-22/h9-10,12-15,32H,11H2,1-8H3. The molecule has 6 nitrogen and oxygen atoms in total. The number of nitrogens with zero attached hydrogens (tertiary/aromatic N) is 2. The molecule has 12 heteroatoms. The molecule has 0 fully saturated rings. The van der Waals surface area contributed by atoms with Gasteiger partial charge in [-0.2, -0.15) is 26.3 Å². The molecule has 2 rings (SSSR count). The zero-order chi connectivity index (χ0) is 28.7. The average molecular weight is 538 g/mol. The van der Waals surface area contributed by atoms with Gasteiger partial charge in [0.15, 0.2) is 0 Å². The second kappa shape index (κ2) is 10.3. The lowest BCUT2D eigenvalue weighted by atomic mass is 9.84. The topological polar surface area (TPSA) is 61.9 Å². The Bertz CT molecular complexity index is 1050. The number of anilines is 1. The monoisotopic (exact) mass is 537 g/mol. The molecule has 0 bridgehead atoms. The largest absolute Gasteiger partial charge is 0.430 e. The maximum Gasteiger partial charge on any atom is 0.430 e. The summed E-state index contributed by atoms with van der Waals surface area (Å²) in [7, 11) is 2.01. The van der Waals surface area contributed by atoms with Crippen molar-refractivity contribution in [3.63, 3.8) is 0 Å². The Balaban J connectivity index is 2.84. The number of ether oxygens (including phenoxy) is 1. The van der Waals surface area contributed by atoms with Crippen LogP contribution in [0.15, 0.2) is 30.0 Å². The summed E-state index contributed by atoms with van der Waals surface area (Å²) in [6, 6.07) is 2.60. The van der Waals surface area contributed by atoms with Gasteiger partial charge in [-0.05, 0) is 50.0 Å². The molecule has 0 spiro atoms. The molecule has 1 heterocycles. The summed E-state index contributed by atoms with van der Waals surface area (Å²) in [6.07, 6.45) is -10.3. The summed E-state index contributed by atoms with van der Waals surface area (Å²) < 4.78 is 88.5. The van der Waals surface area contributed by atoms with Gasteiger partial charge in [-0.3, -0.25) is 9.59 Å². The maximum atomic E-state index is 14.0. The number of hydrazine groups is 1. The van der Waals surface area contributed by atoms with E-state index in [1.807, 2.05) is 0 Å². The molecule has 1 aromatic rings. The van der Waals surface area contributed by atoms with E-state index in [1.165, 1.54) is 20.8 Å². The molecule has 0 radical (unpaired) electrons. The van der Waals surface area contributed by atoms with Gasteiger partial charge in [0.2, 0.25) is 5.91 Å². The number of imide groups is 1. The molecule has 1 aliphatic heterocycles. The minimum Gasteiger partial charge on any atom is -0.357 e. The summed E-state index contributed by atoms with van der Waals surface area (Å²) >= 11 is 0. The van der Waals surface area contributed by atoms with Gasteiger partial charge in [-0.1, -0.05) is 33.8 Å². The number of amides is 2. The van der Waals surface area contributed by atoms with E-state index in [2.05, 4.69) is 10.2 Å². The van der Waals surface area contributed by atoms with Crippen molar-refractivity contribution in [1.82, 2.24) is 10.4 Å². The number of carbonyl (C=O) groups is 2. The number of hydrogen-bond donors (Lipinski definition) is 1. The number of hydrogen-bond acceptors (Lipinski definition) is 5. The Kier molecular flexibility index (Phi) is 8.51. The van der Waals surface area contributed by atoms with Crippen LogP contribution in [0.5, 0.6) is 0 Å². The molecule has 0 aromatic heterocycles. The summed E-state index contributed by atoms with van der Waals surface area (Å²) in [5.41, 5.74) is -3.98. The third-order valence-corrected chi connectivity index (χ3v) is 6.25. The van der Waals surface area contributed by atoms with Crippen molar-refractivity contribution in [1.29, 1.82) is 0 Å². The predicted octanol–water partition coefficient (Wildman–Crippen LogP) is 5.48. The van der Waals surface area contributed by atoms with Gasteiger partial charge in [0, 0.05) is 31.3 Å². The quantitative estimate of drug-likeness (QED) is 0.467. The highest BCUT2D eigenvalue weighted by atomic mass is 19.4. The van der Waals surface area contributed by atoms with Crippen LogP contribution in [0.3, 0.4) is 0 Å². The third-order valence-electron chi connectivity index (χ3n) is 6.25. The predicted molar refractivity (Wildman–Crippen MR) is 126 cm³/mol. The lowest BCUT2D eigenvalue weighted by Crippen LogP contribution is -2.58. The molecular formula is C25H33F6N3O3. The van der Waals surface area contributed by atoms with Crippen molar-refractivity contribution >= 4 is 17.5 Å². The van der Waals surface area contributed by atoms with Crippen molar-refractivity contribution < 1.29 is 40.7 Å².